The van der Waals surface area contributed by atoms with Crippen molar-refractivity contribution in [3.8, 4) is 0 Å². The topological polar surface area (TPSA) is 56.4 Å². The predicted molar refractivity (Wildman–Crippen MR) is 83.1 cm³/mol. The number of piperidine rings is 1. The highest BCUT2D eigenvalue weighted by atomic mass is 32.2. The summed E-state index contributed by atoms with van der Waals surface area (Å²) in [5.41, 5.74) is 0. The first-order valence-corrected chi connectivity index (χ1v) is 9.05. The summed E-state index contributed by atoms with van der Waals surface area (Å²) in [5, 5.41) is 10.5. The molecule has 114 valence electrons. The molecule has 0 saturated carbocycles. The Hall–Kier alpha value is -0.300. The van der Waals surface area contributed by atoms with E-state index in [9.17, 15) is 4.79 Å². The average molecular weight is 298 g/mol. The SMILES string of the molecule is O=C([C@@H]1C[C@H](NC2CCNCC2)CN1)N1CCSCC1. The van der Waals surface area contributed by atoms with E-state index in [4.69, 9.17) is 0 Å². The molecule has 0 aromatic carbocycles. The van der Waals surface area contributed by atoms with E-state index < -0.39 is 0 Å². The summed E-state index contributed by atoms with van der Waals surface area (Å²) in [6.45, 7) is 5.02. The van der Waals surface area contributed by atoms with Crippen LogP contribution in [0.2, 0.25) is 0 Å². The van der Waals surface area contributed by atoms with Gasteiger partial charge in [-0.15, -0.1) is 0 Å². The van der Waals surface area contributed by atoms with Crippen molar-refractivity contribution >= 4 is 17.7 Å². The van der Waals surface area contributed by atoms with Crippen LogP contribution in [0.25, 0.3) is 0 Å². The van der Waals surface area contributed by atoms with Gasteiger partial charge in [-0.1, -0.05) is 0 Å². The molecule has 3 rings (SSSR count). The van der Waals surface area contributed by atoms with E-state index in [1.54, 1.807) is 0 Å². The summed E-state index contributed by atoms with van der Waals surface area (Å²) in [7, 11) is 0. The fourth-order valence-corrected chi connectivity index (χ4v) is 4.28. The fourth-order valence-electron chi connectivity index (χ4n) is 3.38. The number of nitrogens with one attached hydrogen (secondary N) is 3. The monoisotopic (exact) mass is 298 g/mol. The quantitative estimate of drug-likeness (QED) is 0.664. The van der Waals surface area contributed by atoms with E-state index in [-0.39, 0.29) is 6.04 Å². The lowest BCUT2D eigenvalue weighted by atomic mass is 10.0. The van der Waals surface area contributed by atoms with E-state index in [1.807, 2.05) is 16.7 Å². The van der Waals surface area contributed by atoms with Gasteiger partial charge in [0.25, 0.3) is 0 Å². The molecule has 1 amide bonds. The molecule has 0 aromatic rings. The molecule has 3 saturated heterocycles. The molecule has 2 atom stereocenters. The van der Waals surface area contributed by atoms with Crippen molar-refractivity contribution in [3.05, 3.63) is 0 Å². The molecular formula is C14H26N4OS. The van der Waals surface area contributed by atoms with Crippen LogP contribution in [-0.4, -0.2) is 73.2 Å². The van der Waals surface area contributed by atoms with E-state index in [1.165, 1.54) is 12.8 Å². The Balaban J connectivity index is 1.44. The second-order valence-electron chi connectivity index (χ2n) is 6.02. The lowest BCUT2D eigenvalue weighted by Gasteiger charge is -2.29. The summed E-state index contributed by atoms with van der Waals surface area (Å²) in [6, 6.07) is 1.13. The Morgan fingerprint density at radius 1 is 1.15 bits per heavy atom. The number of carbonyl (C=O) groups is 1. The van der Waals surface area contributed by atoms with Gasteiger partial charge in [-0.2, -0.15) is 11.8 Å². The highest BCUT2D eigenvalue weighted by molar-refractivity contribution is 7.99. The van der Waals surface area contributed by atoms with Crippen molar-refractivity contribution < 1.29 is 4.79 Å². The van der Waals surface area contributed by atoms with E-state index in [0.29, 0.717) is 18.0 Å². The van der Waals surface area contributed by atoms with Crippen molar-refractivity contribution in [3.63, 3.8) is 0 Å². The highest BCUT2D eigenvalue weighted by Crippen LogP contribution is 2.16. The van der Waals surface area contributed by atoms with Crippen LogP contribution >= 0.6 is 11.8 Å². The molecule has 3 heterocycles. The molecule has 3 N–H and O–H groups in total. The van der Waals surface area contributed by atoms with Crippen molar-refractivity contribution in [1.82, 2.24) is 20.9 Å². The Bertz CT molecular complexity index is 329. The third kappa shape index (κ3) is 3.67. The third-order valence-corrected chi connectivity index (χ3v) is 5.50. The molecule has 0 bridgehead atoms. The molecular weight excluding hydrogens is 272 g/mol. The first-order valence-electron chi connectivity index (χ1n) is 7.89. The molecule has 0 radical (unpaired) electrons. The van der Waals surface area contributed by atoms with Crippen LogP contribution in [0.15, 0.2) is 0 Å². The first-order chi connectivity index (χ1) is 9.83. The molecule has 20 heavy (non-hydrogen) atoms. The molecule has 0 aromatic heterocycles. The van der Waals surface area contributed by atoms with Crippen molar-refractivity contribution in [2.75, 3.05) is 44.2 Å². The lowest BCUT2D eigenvalue weighted by molar-refractivity contribution is -0.132. The maximum Gasteiger partial charge on any atom is 0.239 e. The molecule has 3 fully saturated rings. The molecule has 0 unspecified atom stereocenters. The second kappa shape index (κ2) is 7.11. The van der Waals surface area contributed by atoms with Crippen LogP contribution in [0.1, 0.15) is 19.3 Å². The van der Waals surface area contributed by atoms with Gasteiger partial charge in [0, 0.05) is 43.2 Å². The standard InChI is InChI=1S/C14H26N4OS/c19-14(18-5-7-20-8-6-18)13-9-12(10-16-13)17-11-1-3-15-4-2-11/h11-13,15-17H,1-10H2/t12-,13-/m0/s1. The number of hydrogen-bond acceptors (Lipinski definition) is 5. The number of carbonyl (C=O) groups excluding carboxylic acids is 1. The van der Waals surface area contributed by atoms with Crippen LogP contribution < -0.4 is 16.0 Å². The van der Waals surface area contributed by atoms with Gasteiger partial charge >= 0.3 is 0 Å². The predicted octanol–water partition coefficient (Wildman–Crippen LogP) is -0.366. The van der Waals surface area contributed by atoms with Gasteiger partial charge < -0.3 is 20.9 Å². The Labute approximate surface area is 125 Å². The number of rotatable bonds is 3. The lowest BCUT2D eigenvalue weighted by Crippen LogP contribution is -2.47. The second-order valence-corrected chi connectivity index (χ2v) is 7.25. The molecule has 0 spiro atoms. The minimum atomic E-state index is 0.0392. The summed E-state index contributed by atoms with van der Waals surface area (Å²) in [6.07, 6.45) is 3.36. The highest BCUT2D eigenvalue weighted by Gasteiger charge is 2.33. The zero-order chi connectivity index (χ0) is 13.8. The number of hydrogen-bond donors (Lipinski definition) is 3. The zero-order valence-corrected chi connectivity index (χ0v) is 12.9. The molecule has 3 aliphatic heterocycles. The summed E-state index contributed by atoms with van der Waals surface area (Å²) < 4.78 is 0. The zero-order valence-electron chi connectivity index (χ0n) is 12.1. The van der Waals surface area contributed by atoms with Gasteiger partial charge in [-0.3, -0.25) is 4.79 Å². The normalized spacial score (nSPS) is 32.5. The van der Waals surface area contributed by atoms with Crippen LogP contribution in [0, 0.1) is 0 Å². The largest absolute Gasteiger partial charge is 0.340 e. The van der Waals surface area contributed by atoms with Crippen molar-refractivity contribution in [2.24, 2.45) is 0 Å². The van der Waals surface area contributed by atoms with E-state index in [0.717, 1.165) is 50.7 Å². The summed E-state index contributed by atoms with van der Waals surface area (Å²) in [5.74, 6) is 2.50. The maximum atomic E-state index is 12.5. The average Bonchev–Trinajstić information content (AvgIpc) is 2.97. The summed E-state index contributed by atoms with van der Waals surface area (Å²) in [4.78, 5) is 14.5. The van der Waals surface area contributed by atoms with E-state index in [2.05, 4.69) is 16.0 Å². The van der Waals surface area contributed by atoms with Gasteiger partial charge in [-0.05, 0) is 32.4 Å². The first kappa shape index (κ1) is 14.6. The smallest absolute Gasteiger partial charge is 0.239 e. The van der Waals surface area contributed by atoms with Gasteiger partial charge in [0.15, 0.2) is 0 Å². The van der Waals surface area contributed by atoms with Crippen LogP contribution in [0.5, 0.6) is 0 Å². The molecule has 0 aliphatic carbocycles. The molecule has 6 heteroatoms. The number of amides is 1. The summed E-state index contributed by atoms with van der Waals surface area (Å²) >= 11 is 1.95. The number of nitrogens with zero attached hydrogens (tertiary/aromatic N) is 1. The van der Waals surface area contributed by atoms with Crippen LogP contribution in [0.4, 0.5) is 0 Å². The third-order valence-electron chi connectivity index (χ3n) is 4.56. The minimum Gasteiger partial charge on any atom is -0.340 e. The van der Waals surface area contributed by atoms with Gasteiger partial charge in [-0.25, -0.2) is 0 Å². The van der Waals surface area contributed by atoms with Gasteiger partial charge in [0.1, 0.15) is 0 Å². The maximum absolute atomic E-state index is 12.5. The Kier molecular flexibility index (Phi) is 5.20. The van der Waals surface area contributed by atoms with E-state index >= 15 is 0 Å². The van der Waals surface area contributed by atoms with Crippen LogP contribution in [0.3, 0.4) is 0 Å². The Morgan fingerprint density at radius 3 is 2.65 bits per heavy atom. The molecule has 3 aliphatic rings. The van der Waals surface area contributed by atoms with Gasteiger partial charge in [0.2, 0.25) is 5.91 Å². The minimum absolute atomic E-state index is 0.0392. The van der Waals surface area contributed by atoms with Crippen molar-refractivity contribution in [1.29, 1.82) is 0 Å². The van der Waals surface area contributed by atoms with Crippen LogP contribution in [-0.2, 0) is 4.79 Å². The molecule has 5 nitrogen and oxygen atoms in total. The van der Waals surface area contributed by atoms with Crippen molar-refractivity contribution in [2.45, 2.75) is 37.4 Å². The fraction of sp³-hybridized carbons (Fsp3) is 0.929. The number of thioether (sulfide) groups is 1. The Morgan fingerprint density at radius 2 is 1.90 bits per heavy atom. The van der Waals surface area contributed by atoms with Gasteiger partial charge in [0.05, 0.1) is 6.04 Å².